The summed E-state index contributed by atoms with van der Waals surface area (Å²) < 4.78 is 8.90. The van der Waals surface area contributed by atoms with E-state index in [1.807, 2.05) is 18.3 Å². The molecule has 1 unspecified atom stereocenters. The summed E-state index contributed by atoms with van der Waals surface area (Å²) in [6.45, 7) is 2.18. The molecule has 1 aliphatic rings. The Morgan fingerprint density at radius 2 is 2.23 bits per heavy atom. The number of amides is 1. The summed E-state index contributed by atoms with van der Waals surface area (Å²) in [4.78, 5) is 21.6. The summed E-state index contributed by atoms with van der Waals surface area (Å²) in [5.41, 5.74) is 2.32. The molecule has 3 aromatic rings. The Bertz CT molecular complexity index is 974. The lowest BCUT2D eigenvalue weighted by Gasteiger charge is -2.11. The smallest absolute Gasteiger partial charge is 0.263 e. The first-order valence-electron chi connectivity index (χ1n) is 8.49. The van der Waals surface area contributed by atoms with Crippen LogP contribution >= 0.6 is 0 Å². The fourth-order valence-electron chi connectivity index (χ4n) is 3.34. The van der Waals surface area contributed by atoms with Crippen molar-refractivity contribution in [3.63, 3.8) is 0 Å². The zero-order valence-electron chi connectivity index (χ0n) is 14.9. The number of anilines is 1. The highest BCUT2D eigenvalue weighted by atomic mass is 16.5. The van der Waals surface area contributed by atoms with Crippen LogP contribution in [0.3, 0.4) is 0 Å². The van der Waals surface area contributed by atoms with E-state index in [0.29, 0.717) is 17.4 Å². The Hall–Kier alpha value is -3.16. The van der Waals surface area contributed by atoms with Gasteiger partial charge in [-0.2, -0.15) is 0 Å². The standard InChI is InChI=1S/C18H20N6O2/c1-11-7-8-12-9-19-16(24(11)12)14-5-4-6-15(20-14)21-17(25)13-10-23(2)22-18(13)26-3/h4-6,9-11H,7-8H2,1-3H3,(H,20,21,25). The molecule has 0 saturated carbocycles. The van der Waals surface area contributed by atoms with E-state index in [0.717, 1.165) is 24.4 Å². The van der Waals surface area contributed by atoms with E-state index in [-0.39, 0.29) is 11.8 Å². The van der Waals surface area contributed by atoms with E-state index < -0.39 is 0 Å². The van der Waals surface area contributed by atoms with Crippen LogP contribution in [0, 0.1) is 0 Å². The quantitative estimate of drug-likeness (QED) is 0.779. The number of carbonyl (C=O) groups excluding carboxylic acids is 1. The number of carbonyl (C=O) groups is 1. The third-order valence-electron chi connectivity index (χ3n) is 4.59. The number of aromatic nitrogens is 5. The van der Waals surface area contributed by atoms with Gasteiger partial charge in [-0.3, -0.25) is 9.48 Å². The number of aryl methyl sites for hydroxylation is 2. The van der Waals surface area contributed by atoms with Gasteiger partial charge in [0.05, 0.1) is 7.11 Å². The van der Waals surface area contributed by atoms with Crippen molar-refractivity contribution < 1.29 is 9.53 Å². The molecule has 0 fully saturated rings. The lowest BCUT2D eigenvalue weighted by Crippen LogP contribution is -2.13. The summed E-state index contributed by atoms with van der Waals surface area (Å²) in [5, 5.41) is 6.90. The highest BCUT2D eigenvalue weighted by molar-refractivity contribution is 6.05. The highest BCUT2D eigenvalue weighted by Gasteiger charge is 2.23. The Morgan fingerprint density at radius 3 is 3.04 bits per heavy atom. The fourth-order valence-corrected chi connectivity index (χ4v) is 3.34. The molecule has 26 heavy (non-hydrogen) atoms. The van der Waals surface area contributed by atoms with Crippen LogP contribution in [-0.4, -0.2) is 37.3 Å². The third-order valence-corrected chi connectivity index (χ3v) is 4.59. The van der Waals surface area contributed by atoms with E-state index in [1.54, 1.807) is 19.3 Å². The second-order valence-corrected chi connectivity index (χ2v) is 6.42. The zero-order chi connectivity index (χ0) is 18.3. The van der Waals surface area contributed by atoms with Crippen molar-refractivity contribution in [1.82, 2.24) is 24.3 Å². The minimum Gasteiger partial charge on any atom is -0.479 e. The van der Waals surface area contributed by atoms with Crippen molar-refractivity contribution in [3.8, 4) is 17.4 Å². The van der Waals surface area contributed by atoms with Gasteiger partial charge in [-0.05, 0) is 31.9 Å². The number of rotatable bonds is 4. The van der Waals surface area contributed by atoms with Gasteiger partial charge in [0.25, 0.3) is 5.91 Å². The Balaban J connectivity index is 1.62. The molecule has 8 nitrogen and oxygen atoms in total. The number of pyridine rings is 1. The van der Waals surface area contributed by atoms with E-state index in [9.17, 15) is 4.79 Å². The maximum atomic E-state index is 12.5. The van der Waals surface area contributed by atoms with Gasteiger partial charge < -0.3 is 14.6 Å². The molecule has 1 amide bonds. The Kier molecular flexibility index (Phi) is 3.95. The van der Waals surface area contributed by atoms with Crippen molar-refractivity contribution in [1.29, 1.82) is 0 Å². The average Bonchev–Trinajstić information content (AvgIpc) is 3.31. The van der Waals surface area contributed by atoms with E-state index >= 15 is 0 Å². The topological polar surface area (TPSA) is 86.9 Å². The monoisotopic (exact) mass is 352 g/mol. The van der Waals surface area contributed by atoms with Gasteiger partial charge in [0, 0.05) is 31.2 Å². The molecule has 0 radical (unpaired) electrons. The molecule has 0 aromatic carbocycles. The number of methoxy groups -OCH3 is 1. The lowest BCUT2D eigenvalue weighted by molar-refractivity contribution is 0.102. The number of ether oxygens (including phenoxy) is 1. The lowest BCUT2D eigenvalue weighted by atomic mass is 10.2. The number of hydrogen-bond acceptors (Lipinski definition) is 5. The minimum atomic E-state index is -0.318. The molecule has 4 heterocycles. The van der Waals surface area contributed by atoms with Gasteiger partial charge in [0.1, 0.15) is 17.1 Å². The molecule has 8 heteroatoms. The number of imidazole rings is 1. The normalized spacial score (nSPS) is 15.7. The maximum absolute atomic E-state index is 12.5. The Morgan fingerprint density at radius 1 is 1.38 bits per heavy atom. The summed E-state index contributed by atoms with van der Waals surface area (Å²) in [6, 6.07) is 5.92. The molecule has 1 atom stereocenters. The average molecular weight is 352 g/mol. The molecule has 4 rings (SSSR count). The van der Waals surface area contributed by atoms with Gasteiger partial charge in [0.15, 0.2) is 5.82 Å². The molecule has 134 valence electrons. The van der Waals surface area contributed by atoms with Crippen LogP contribution in [0.4, 0.5) is 5.82 Å². The molecule has 0 aliphatic carbocycles. The number of fused-ring (bicyclic) bond motifs is 1. The predicted octanol–water partition coefficient (Wildman–Crippen LogP) is 2.45. The first-order valence-corrected chi connectivity index (χ1v) is 8.49. The second-order valence-electron chi connectivity index (χ2n) is 6.42. The van der Waals surface area contributed by atoms with Gasteiger partial charge in [-0.15, -0.1) is 5.10 Å². The summed E-state index contributed by atoms with van der Waals surface area (Å²) in [5.74, 6) is 1.25. The first kappa shape index (κ1) is 16.3. The van der Waals surface area contributed by atoms with Crippen LogP contribution in [-0.2, 0) is 13.5 Å². The Labute approximate surface area is 150 Å². The van der Waals surface area contributed by atoms with Gasteiger partial charge in [0.2, 0.25) is 5.88 Å². The molecule has 0 bridgehead atoms. The number of hydrogen-bond donors (Lipinski definition) is 1. The van der Waals surface area contributed by atoms with Crippen LogP contribution in [0.1, 0.15) is 35.4 Å². The van der Waals surface area contributed by atoms with Crippen LogP contribution in [0.15, 0.2) is 30.6 Å². The molecular weight excluding hydrogens is 332 g/mol. The predicted molar refractivity (Wildman–Crippen MR) is 96.2 cm³/mol. The van der Waals surface area contributed by atoms with Gasteiger partial charge in [-0.25, -0.2) is 9.97 Å². The molecular formula is C18H20N6O2. The van der Waals surface area contributed by atoms with E-state index in [4.69, 9.17) is 4.74 Å². The third kappa shape index (κ3) is 2.73. The van der Waals surface area contributed by atoms with E-state index in [1.165, 1.54) is 17.5 Å². The second kappa shape index (κ2) is 6.29. The summed E-state index contributed by atoms with van der Waals surface area (Å²) in [7, 11) is 3.22. The van der Waals surface area contributed by atoms with Crippen molar-refractivity contribution in [3.05, 3.63) is 41.9 Å². The largest absolute Gasteiger partial charge is 0.479 e. The molecule has 3 aromatic heterocycles. The van der Waals surface area contributed by atoms with Crippen molar-refractivity contribution in [2.75, 3.05) is 12.4 Å². The highest BCUT2D eigenvalue weighted by Crippen LogP contribution is 2.31. The first-order chi connectivity index (χ1) is 12.6. The van der Waals surface area contributed by atoms with Crippen LogP contribution in [0.5, 0.6) is 5.88 Å². The number of nitrogens with zero attached hydrogens (tertiary/aromatic N) is 5. The van der Waals surface area contributed by atoms with Crippen molar-refractivity contribution >= 4 is 11.7 Å². The summed E-state index contributed by atoms with van der Waals surface area (Å²) >= 11 is 0. The molecule has 1 aliphatic heterocycles. The van der Waals surface area contributed by atoms with Crippen molar-refractivity contribution in [2.45, 2.75) is 25.8 Å². The SMILES string of the molecule is COc1nn(C)cc1C(=O)Nc1cccc(-c2ncc3n2C(C)CC3)n1. The summed E-state index contributed by atoms with van der Waals surface area (Å²) in [6.07, 6.45) is 5.67. The van der Waals surface area contributed by atoms with E-state index in [2.05, 4.69) is 31.9 Å². The van der Waals surface area contributed by atoms with Gasteiger partial charge >= 0.3 is 0 Å². The molecule has 0 spiro atoms. The van der Waals surface area contributed by atoms with Crippen LogP contribution < -0.4 is 10.1 Å². The zero-order valence-corrected chi connectivity index (χ0v) is 14.9. The van der Waals surface area contributed by atoms with Crippen LogP contribution in [0.25, 0.3) is 11.5 Å². The fraction of sp³-hybridized carbons (Fsp3) is 0.333. The molecule has 1 N–H and O–H groups in total. The maximum Gasteiger partial charge on any atom is 0.263 e. The minimum absolute atomic E-state index is 0.279. The van der Waals surface area contributed by atoms with Crippen molar-refractivity contribution in [2.24, 2.45) is 7.05 Å². The number of nitrogens with one attached hydrogen (secondary N) is 1. The molecule has 0 saturated heterocycles. The van der Waals surface area contributed by atoms with Crippen LogP contribution in [0.2, 0.25) is 0 Å². The van der Waals surface area contributed by atoms with Gasteiger partial charge in [-0.1, -0.05) is 6.07 Å².